The summed E-state index contributed by atoms with van der Waals surface area (Å²) < 4.78 is 0. The maximum absolute atomic E-state index is 5.24. The molecular formula is C17H16N4S. The maximum Gasteiger partial charge on any atom is 0.191 e. The van der Waals surface area contributed by atoms with Crippen LogP contribution >= 0.6 is 12.2 Å². The smallest absolute Gasteiger partial charge is 0.191 e. The number of fused-ring (bicyclic) bond motifs is 1. The Morgan fingerprint density at radius 3 is 2.77 bits per heavy atom. The predicted molar refractivity (Wildman–Crippen MR) is 96.4 cm³/mol. The molecule has 1 heterocycles. The van der Waals surface area contributed by atoms with Crippen molar-refractivity contribution in [2.45, 2.75) is 6.92 Å². The standard InChI is InChI=1S/C17H16N4S/c1-12-6-2-4-8-15(12)20-17(22)21-19-11-13-10-18-16-9-5-3-7-14(13)16/h2-11,18H,1H3,(H2,20,21,22)/b19-11-. The van der Waals surface area contributed by atoms with Gasteiger partial charge in [-0.15, -0.1) is 0 Å². The number of hydrogen-bond donors (Lipinski definition) is 3. The van der Waals surface area contributed by atoms with Crippen molar-refractivity contribution in [3.8, 4) is 0 Å². The molecule has 0 saturated carbocycles. The highest BCUT2D eigenvalue weighted by atomic mass is 32.1. The van der Waals surface area contributed by atoms with Crippen LogP contribution in [0.4, 0.5) is 5.69 Å². The van der Waals surface area contributed by atoms with Gasteiger partial charge in [-0.1, -0.05) is 36.4 Å². The normalized spacial score (nSPS) is 11.0. The van der Waals surface area contributed by atoms with Crippen molar-refractivity contribution < 1.29 is 0 Å². The lowest BCUT2D eigenvalue weighted by atomic mass is 10.2. The van der Waals surface area contributed by atoms with Crippen LogP contribution < -0.4 is 10.7 Å². The Bertz CT molecular complexity index is 835. The van der Waals surface area contributed by atoms with E-state index in [9.17, 15) is 0 Å². The predicted octanol–water partition coefficient (Wildman–Crippen LogP) is 3.80. The summed E-state index contributed by atoms with van der Waals surface area (Å²) >= 11 is 5.24. The Labute approximate surface area is 134 Å². The monoisotopic (exact) mass is 308 g/mol. The molecule has 0 aliphatic carbocycles. The van der Waals surface area contributed by atoms with E-state index < -0.39 is 0 Å². The van der Waals surface area contributed by atoms with Crippen LogP contribution in [-0.2, 0) is 0 Å². The fourth-order valence-corrected chi connectivity index (χ4v) is 2.39. The summed E-state index contributed by atoms with van der Waals surface area (Å²) in [6.07, 6.45) is 3.68. The van der Waals surface area contributed by atoms with E-state index in [1.54, 1.807) is 6.21 Å². The lowest BCUT2D eigenvalue weighted by Gasteiger charge is -2.09. The van der Waals surface area contributed by atoms with Gasteiger partial charge in [0, 0.05) is 28.4 Å². The minimum Gasteiger partial charge on any atom is -0.361 e. The van der Waals surface area contributed by atoms with Crippen molar-refractivity contribution >= 4 is 40.1 Å². The largest absolute Gasteiger partial charge is 0.361 e. The summed E-state index contributed by atoms with van der Waals surface area (Å²) in [7, 11) is 0. The second-order valence-electron chi connectivity index (χ2n) is 4.93. The average Bonchev–Trinajstić information content (AvgIpc) is 2.93. The van der Waals surface area contributed by atoms with Gasteiger partial charge in [0.15, 0.2) is 5.11 Å². The molecule has 3 N–H and O–H groups in total. The van der Waals surface area contributed by atoms with E-state index >= 15 is 0 Å². The molecule has 22 heavy (non-hydrogen) atoms. The first kappa shape index (κ1) is 14.3. The van der Waals surface area contributed by atoms with Gasteiger partial charge < -0.3 is 10.3 Å². The molecule has 0 saturated heterocycles. The summed E-state index contributed by atoms with van der Waals surface area (Å²) in [5.41, 5.74) is 7.05. The van der Waals surface area contributed by atoms with E-state index in [1.165, 1.54) is 0 Å². The highest BCUT2D eigenvalue weighted by molar-refractivity contribution is 7.80. The van der Waals surface area contributed by atoms with Crippen LogP contribution in [0, 0.1) is 6.92 Å². The lowest BCUT2D eigenvalue weighted by Crippen LogP contribution is -2.24. The summed E-state index contributed by atoms with van der Waals surface area (Å²) in [5.74, 6) is 0. The number of nitrogens with one attached hydrogen (secondary N) is 3. The number of nitrogens with zero attached hydrogens (tertiary/aromatic N) is 1. The van der Waals surface area contributed by atoms with Crippen LogP contribution in [-0.4, -0.2) is 16.3 Å². The van der Waals surface area contributed by atoms with Gasteiger partial charge in [-0.05, 0) is 36.8 Å². The first-order chi connectivity index (χ1) is 10.7. The Kier molecular flexibility index (Phi) is 4.16. The van der Waals surface area contributed by atoms with Gasteiger partial charge in [-0.25, -0.2) is 0 Å². The molecule has 0 atom stereocenters. The molecule has 0 aliphatic rings. The molecule has 1 aromatic heterocycles. The number of thiocarbonyl (C=S) groups is 1. The van der Waals surface area contributed by atoms with Gasteiger partial charge in [0.25, 0.3) is 0 Å². The SMILES string of the molecule is Cc1ccccc1NC(=S)N/N=C\c1c[nH]c2ccccc12. The third-order valence-electron chi connectivity index (χ3n) is 3.38. The van der Waals surface area contributed by atoms with Gasteiger partial charge in [0.2, 0.25) is 0 Å². The summed E-state index contributed by atoms with van der Waals surface area (Å²) in [6, 6.07) is 16.1. The van der Waals surface area contributed by atoms with Crippen LogP contribution in [0.1, 0.15) is 11.1 Å². The third kappa shape index (κ3) is 3.15. The van der Waals surface area contributed by atoms with Crippen molar-refractivity contribution in [2.24, 2.45) is 5.10 Å². The summed E-state index contributed by atoms with van der Waals surface area (Å²) in [5, 5.41) is 8.91. The van der Waals surface area contributed by atoms with Crippen molar-refractivity contribution in [2.75, 3.05) is 5.32 Å². The number of hydrazone groups is 1. The number of hydrogen-bond acceptors (Lipinski definition) is 2. The zero-order valence-electron chi connectivity index (χ0n) is 12.1. The van der Waals surface area contributed by atoms with Crippen molar-refractivity contribution in [1.82, 2.24) is 10.4 Å². The highest BCUT2D eigenvalue weighted by Gasteiger charge is 2.01. The third-order valence-corrected chi connectivity index (χ3v) is 3.58. The van der Waals surface area contributed by atoms with Crippen molar-refractivity contribution in [3.05, 3.63) is 65.9 Å². The number of anilines is 1. The molecule has 110 valence electrons. The van der Waals surface area contributed by atoms with Gasteiger partial charge >= 0.3 is 0 Å². The molecule has 3 aromatic rings. The molecule has 3 rings (SSSR count). The number of rotatable bonds is 3. The fourth-order valence-electron chi connectivity index (χ4n) is 2.22. The Hall–Kier alpha value is -2.66. The molecule has 5 heteroatoms. The van der Waals surface area contributed by atoms with Gasteiger partial charge in [0.1, 0.15) is 0 Å². The molecule has 0 fully saturated rings. The van der Waals surface area contributed by atoms with Crippen LogP contribution in [0.2, 0.25) is 0 Å². The van der Waals surface area contributed by atoms with Crippen LogP contribution in [0.5, 0.6) is 0 Å². The molecule has 0 spiro atoms. The molecular weight excluding hydrogens is 292 g/mol. The van der Waals surface area contributed by atoms with Gasteiger partial charge in [0.05, 0.1) is 6.21 Å². The number of aromatic amines is 1. The van der Waals surface area contributed by atoms with E-state index in [0.29, 0.717) is 5.11 Å². The average molecular weight is 308 g/mol. The van der Waals surface area contributed by atoms with Gasteiger partial charge in [-0.2, -0.15) is 5.10 Å². The summed E-state index contributed by atoms with van der Waals surface area (Å²) in [4.78, 5) is 3.21. The lowest BCUT2D eigenvalue weighted by molar-refractivity contribution is 1.05. The quantitative estimate of drug-likeness (QED) is 0.392. The van der Waals surface area contributed by atoms with E-state index in [4.69, 9.17) is 12.2 Å². The molecule has 4 nitrogen and oxygen atoms in total. The molecule has 0 radical (unpaired) electrons. The molecule has 0 unspecified atom stereocenters. The van der Waals surface area contributed by atoms with Gasteiger partial charge in [-0.3, -0.25) is 5.43 Å². The summed E-state index contributed by atoms with van der Waals surface area (Å²) in [6.45, 7) is 2.03. The molecule has 0 bridgehead atoms. The topological polar surface area (TPSA) is 52.2 Å². The van der Waals surface area contributed by atoms with E-state index in [0.717, 1.165) is 27.7 Å². The second-order valence-corrected chi connectivity index (χ2v) is 5.34. The van der Waals surface area contributed by atoms with E-state index in [2.05, 4.69) is 26.9 Å². The zero-order valence-corrected chi connectivity index (χ0v) is 12.9. The minimum absolute atomic E-state index is 0.463. The van der Waals surface area contributed by atoms with E-state index in [-0.39, 0.29) is 0 Å². The molecule has 2 aromatic carbocycles. The van der Waals surface area contributed by atoms with Crippen LogP contribution in [0.25, 0.3) is 10.9 Å². The number of H-pyrrole nitrogens is 1. The molecule has 0 amide bonds. The highest BCUT2D eigenvalue weighted by Crippen LogP contribution is 2.15. The van der Waals surface area contributed by atoms with Crippen molar-refractivity contribution in [1.29, 1.82) is 0 Å². The number of benzene rings is 2. The maximum atomic E-state index is 5.24. The number of aryl methyl sites for hydroxylation is 1. The number of aromatic nitrogens is 1. The Balaban J connectivity index is 1.65. The molecule has 0 aliphatic heterocycles. The number of para-hydroxylation sites is 2. The first-order valence-electron chi connectivity index (χ1n) is 6.96. The Morgan fingerprint density at radius 1 is 1.14 bits per heavy atom. The zero-order chi connectivity index (χ0) is 15.4. The van der Waals surface area contributed by atoms with Crippen LogP contribution in [0.15, 0.2) is 59.8 Å². The minimum atomic E-state index is 0.463. The second kappa shape index (κ2) is 6.41. The van der Waals surface area contributed by atoms with Crippen molar-refractivity contribution in [3.63, 3.8) is 0 Å². The first-order valence-corrected chi connectivity index (χ1v) is 7.36. The van der Waals surface area contributed by atoms with E-state index in [1.807, 2.05) is 55.6 Å². The fraction of sp³-hybridized carbons (Fsp3) is 0.0588. The van der Waals surface area contributed by atoms with Crippen LogP contribution in [0.3, 0.4) is 0 Å². The Morgan fingerprint density at radius 2 is 1.91 bits per heavy atom.